The van der Waals surface area contributed by atoms with Crippen LogP contribution in [0.5, 0.6) is 0 Å². The molecule has 0 unspecified atom stereocenters. The van der Waals surface area contributed by atoms with Crippen LogP contribution in [0.25, 0.3) is 5.69 Å². The summed E-state index contributed by atoms with van der Waals surface area (Å²) in [6, 6.07) is 14.9. The molecule has 162 valence electrons. The molecule has 0 saturated carbocycles. The molecular formula is C22H23FN4O3S. The highest BCUT2D eigenvalue weighted by molar-refractivity contribution is 7.88. The number of benzene rings is 2. The number of carbonyl (C=O) groups excluding carboxylic acids is 1. The van der Waals surface area contributed by atoms with Gasteiger partial charge in [-0.15, -0.1) is 0 Å². The lowest BCUT2D eigenvalue weighted by atomic mass is 10.2. The second-order valence-corrected chi connectivity index (χ2v) is 9.43. The SMILES string of the molecule is Cc1c(C(=O)N2CCN(S(=O)(=O)Cc3ccccc3)CC2)cnn1-c1ccc(F)cc1. The van der Waals surface area contributed by atoms with Crippen LogP contribution in [-0.2, 0) is 15.8 Å². The van der Waals surface area contributed by atoms with E-state index in [1.54, 1.807) is 40.8 Å². The van der Waals surface area contributed by atoms with Crippen LogP contribution >= 0.6 is 0 Å². The number of hydrogen-bond donors (Lipinski definition) is 0. The second kappa shape index (κ2) is 8.60. The van der Waals surface area contributed by atoms with Gasteiger partial charge in [0.05, 0.1) is 28.9 Å². The third kappa shape index (κ3) is 4.52. The Labute approximate surface area is 180 Å². The highest BCUT2D eigenvalue weighted by Crippen LogP contribution is 2.19. The van der Waals surface area contributed by atoms with E-state index >= 15 is 0 Å². The van der Waals surface area contributed by atoms with Crippen LogP contribution < -0.4 is 0 Å². The number of piperazine rings is 1. The lowest BCUT2D eigenvalue weighted by molar-refractivity contribution is 0.0697. The van der Waals surface area contributed by atoms with Gasteiger partial charge in [-0.05, 0) is 36.8 Å². The molecule has 3 aromatic rings. The van der Waals surface area contributed by atoms with Crippen molar-refractivity contribution in [2.45, 2.75) is 12.7 Å². The molecule has 1 fully saturated rings. The Morgan fingerprint density at radius 1 is 1.00 bits per heavy atom. The van der Waals surface area contributed by atoms with Crippen molar-refractivity contribution >= 4 is 15.9 Å². The molecule has 0 atom stereocenters. The summed E-state index contributed by atoms with van der Waals surface area (Å²) in [6.07, 6.45) is 1.50. The summed E-state index contributed by atoms with van der Waals surface area (Å²) in [6.45, 7) is 2.92. The average molecular weight is 443 g/mol. The van der Waals surface area contributed by atoms with Crippen LogP contribution in [0.15, 0.2) is 60.8 Å². The van der Waals surface area contributed by atoms with E-state index in [1.165, 1.54) is 22.6 Å². The molecule has 1 saturated heterocycles. The lowest BCUT2D eigenvalue weighted by Gasteiger charge is -2.34. The van der Waals surface area contributed by atoms with Crippen molar-refractivity contribution in [1.82, 2.24) is 19.0 Å². The molecular weight excluding hydrogens is 419 g/mol. The largest absolute Gasteiger partial charge is 0.336 e. The Morgan fingerprint density at radius 2 is 1.65 bits per heavy atom. The van der Waals surface area contributed by atoms with E-state index in [1.807, 2.05) is 18.2 Å². The number of amides is 1. The Kier molecular flexibility index (Phi) is 5.88. The van der Waals surface area contributed by atoms with Gasteiger partial charge < -0.3 is 4.90 Å². The molecule has 1 aliphatic heterocycles. The smallest absolute Gasteiger partial charge is 0.257 e. The molecule has 1 aliphatic rings. The van der Waals surface area contributed by atoms with Gasteiger partial charge in [-0.3, -0.25) is 4.79 Å². The number of sulfonamides is 1. The molecule has 2 aromatic carbocycles. The van der Waals surface area contributed by atoms with Gasteiger partial charge in [-0.2, -0.15) is 9.40 Å². The summed E-state index contributed by atoms with van der Waals surface area (Å²) in [7, 11) is -3.45. The molecule has 0 bridgehead atoms. The van der Waals surface area contributed by atoms with Crippen molar-refractivity contribution in [3.8, 4) is 5.69 Å². The first-order valence-corrected chi connectivity index (χ1v) is 11.6. The first-order valence-electron chi connectivity index (χ1n) is 9.97. The zero-order valence-electron chi connectivity index (χ0n) is 17.1. The summed E-state index contributed by atoms with van der Waals surface area (Å²) < 4.78 is 41.7. The van der Waals surface area contributed by atoms with E-state index in [-0.39, 0.29) is 30.6 Å². The highest BCUT2D eigenvalue weighted by atomic mass is 32.2. The van der Waals surface area contributed by atoms with Gasteiger partial charge in [0, 0.05) is 26.2 Å². The van der Waals surface area contributed by atoms with Gasteiger partial charge in [0.15, 0.2) is 0 Å². The van der Waals surface area contributed by atoms with Crippen LogP contribution in [0.4, 0.5) is 4.39 Å². The maximum Gasteiger partial charge on any atom is 0.257 e. The van der Waals surface area contributed by atoms with Crippen LogP contribution in [0.3, 0.4) is 0 Å². The molecule has 1 amide bonds. The Bertz CT molecular complexity index is 1170. The Balaban J connectivity index is 1.42. The van der Waals surface area contributed by atoms with Gasteiger partial charge in [-0.1, -0.05) is 30.3 Å². The molecule has 31 heavy (non-hydrogen) atoms. The van der Waals surface area contributed by atoms with Gasteiger partial charge >= 0.3 is 0 Å². The first kappa shape index (κ1) is 21.2. The number of halogens is 1. The number of aromatic nitrogens is 2. The number of carbonyl (C=O) groups is 1. The van der Waals surface area contributed by atoms with Crippen LogP contribution in [-0.4, -0.2) is 59.5 Å². The van der Waals surface area contributed by atoms with E-state index in [4.69, 9.17) is 0 Å². The van der Waals surface area contributed by atoms with Gasteiger partial charge in [-0.25, -0.2) is 17.5 Å². The second-order valence-electron chi connectivity index (χ2n) is 7.46. The van der Waals surface area contributed by atoms with Gasteiger partial charge in [0.25, 0.3) is 5.91 Å². The van der Waals surface area contributed by atoms with Gasteiger partial charge in [0.1, 0.15) is 5.82 Å². The Hall–Kier alpha value is -3.04. The fraction of sp³-hybridized carbons (Fsp3) is 0.273. The molecule has 0 radical (unpaired) electrons. The third-order valence-corrected chi connectivity index (χ3v) is 7.27. The minimum absolute atomic E-state index is 0.0503. The molecule has 4 rings (SSSR count). The van der Waals surface area contributed by atoms with E-state index < -0.39 is 10.0 Å². The summed E-state index contributed by atoms with van der Waals surface area (Å²) in [5, 5.41) is 4.27. The normalized spacial score (nSPS) is 15.2. The lowest BCUT2D eigenvalue weighted by Crippen LogP contribution is -2.50. The fourth-order valence-corrected chi connectivity index (χ4v) is 5.19. The summed E-state index contributed by atoms with van der Waals surface area (Å²) in [5.74, 6) is -0.582. The molecule has 0 spiro atoms. The van der Waals surface area contributed by atoms with Crippen LogP contribution in [0, 0.1) is 12.7 Å². The molecule has 1 aromatic heterocycles. The summed E-state index contributed by atoms with van der Waals surface area (Å²) in [5.41, 5.74) is 2.50. The maximum atomic E-state index is 13.2. The van der Waals surface area contributed by atoms with E-state index in [9.17, 15) is 17.6 Å². The molecule has 0 aliphatic carbocycles. The number of nitrogens with zero attached hydrogens (tertiary/aromatic N) is 4. The van der Waals surface area contributed by atoms with Crippen molar-refractivity contribution in [1.29, 1.82) is 0 Å². The van der Waals surface area contributed by atoms with Crippen LogP contribution in [0.2, 0.25) is 0 Å². The first-order chi connectivity index (χ1) is 14.8. The van der Waals surface area contributed by atoms with Crippen molar-refractivity contribution in [3.63, 3.8) is 0 Å². The molecule has 7 nitrogen and oxygen atoms in total. The maximum absolute atomic E-state index is 13.2. The van der Waals surface area contributed by atoms with Crippen molar-refractivity contribution in [3.05, 3.63) is 83.4 Å². The monoisotopic (exact) mass is 442 g/mol. The van der Waals surface area contributed by atoms with E-state index in [0.29, 0.717) is 30.0 Å². The highest BCUT2D eigenvalue weighted by Gasteiger charge is 2.30. The minimum atomic E-state index is -3.45. The van der Waals surface area contributed by atoms with Gasteiger partial charge in [0.2, 0.25) is 10.0 Å². The van der Waals surface area contributed by atoms with Crippen LogP contribution in [0.1, 0.15) is 21.6 Å². The molecule has 9 heteroatoms. The van der Waals surface area contributed by atoms with Crippen molar-refractivity contribution in [2.75, 3.05) is 26.2 Å². The number of rotatable bonds is 5. The standard InChI is InChI=1S/C22H23FN4O3S/c1-17-21(15-24-27(17)20-9-7-19(23)8-10-20)22(28)25-11-13-26(14-12-25)31(29,30)16-18-5-3-2-4-6-18/h2-10,15H,11-14,16H2,1H3. The predicted molar refractivity (Wildman–Crippen MR) is 115 cm³/mol. The fourth-order valence-electron chi connectivity index (χ4n) is 3.68. The quantitative estimate of drug-likeness (QED) is 0.609. The topological polar surface area (TPSA) is 75.5 Å². The molecule has 0 N–H and O–H groups in total. The van der Waals surface area contributed by atoms with E-state index in [2.05, 4.69) is 5.10 Å². The molecule has 2 heterocycles. The van der Waals surface area contributed by atoms with Crippen molar-refractivity contribution < 1.29 is 17.6 Å². The zero-order valence-corrected chi connectivity index (χ0v) is 17.9. The average Bonchev–Trinajstić information content (AvgIpc) is 3.15. The summed E-state index contributed by atoms with van der Waals surface area (Å²) in [4.78, 5) is 14.7. The Morgan fingerprint density at radius 3 is 2.29 bits per heavy atom. The van der Waals surface area contributed by atoms with Crippen molar-refractivity contribution in [2.24, 2.45) is 0 Å². The zero-order chi connectivity index (χ0) is 22.0. The minimum Gasteiger partial charge on any atom is -0.336 e. The predicted octanol–water partition coefficient (Wildman–Crippen LogP) is 2.61. The third-order valence-electron chi connectivity index (χ3n) is 5.42. The number of hydrogen-bond acceptors (Lipinski definition) is 4. The summed E-state index contributed by atoms with van der Waals surface area (Å²) >= 11 is 0. The van der Waals surface area contributed by atoms with E-state index in [0.717, 1.165) is 5.56 Å².